The van der Waals surface area contributed by atoms with Gasteiger partial charge in [-0.05, 0) is 50.6 Å². The van der Waals surface area contributed by atoms with Crippen molar-refractivity contribution < 1.29 is 4.39 Å². The van der Waals surface area contributed by atoms with Crippen molar-refractivity contribution in [3.8, 4) is 22.3 Å². The summed E-state index contributed by atoms with van der Waals surface area (Å²) < 4.78 is 14.9. The van der Waals surface area contributed by atoms with Crippen LogP contribution in [0.25, 0.3) is 33.3 Å². The van der Waals surface area contributed by atoms with Gasteiger partial charge in [-0.15, -0.1) is 0 Å². The second-order valence-corrected chi connectivity index (χ2v) is 7.17. The predicted octanol–water partition coefficient (Wildman–Crippen LogP) is 4.95. The lowest BCUT2D eigenvalue weighted by Gasteiger charge is -2.13. The van der Waals surface area contributed by atoms with Crippen LogP contribution >= 0.6 is 11.6 Å². The molecule has 0 atom stereocenters. The van der Waals surface area contributed by atoms with E-state index < -0.39 is 5.95 Å². The Balaban J connectivity index is 1.89. The maximum atomic E-state index is 13.3. The summed E-state index contributed by atoms with van der Waals surface area (Å²) >= 11 is 6.57. The van der Waals surface area contributed by atoms with Gasteiger partial charge in [0.25, 0.3) is 5.56 Å². The van der Waals surface area contributed by atoms with Crippen LogP contribution in [0.5, 0.6) is 0 Å². The zero-order valence-electron chi connectivity index (χ0n) is 16.2. The molecule has 0 radical (unpaired) electrons. The molecule has 0 unspecified atom stereocenters. The molecule has 0 fully saturated rings. The van der Waals surface area contributed by atoms with Gasteiger partial charge in [0.15, 0.2) is 0 Å². The Labute approximate surface area is 171 Å². The van der Waals surface area contributed by atoms with Crippen LogP contribution in [0, 0.1) is 19.8 Å². The van der Waals surface area contributed by atoms with Gasteiger partial charge in [0.1, 0.15) is 11.5 Å². The maximum Gasteiger partial charge on any atom is 0.260 e. The number of aromatic nitrogens is 4. The minimum absolute atomic E-state index is 0.160. The Bertz CT molecular complexity index is 1320. The Morgan fingerprint density at radius 3 is 2.48 bits per heavy atom. The number of rotatable bonds is 3. The number of hydrogen-bond acceptors (Lipinski definition) is 4. The molecule has 0 aliphatic rings. The quantitative estimate of drug-likeness (QED) is 0.450. The van der Waals surface area contributed by atoms with Gasteiger partial charge in [0, 0.05) is 45.5 Å². The second-order valence-electron chi connectivity index (χ2n) is 6.77. The molecule has 0 amide bonds. The first-order valence-electron chi connectivity index (χ1n) is 9.19. The van der Waals surface area contributed by atoms with E-state index in [2.05, 4.69) is 15.0 Å². The lowest BCUT2D eigenvalue weighted by atomic mass is 9.99. The van der Waals surface area contributed by atoms with Crippen molar-refractivity contribution in [2.24, 2.45) is 0 Å². The van der Waals surface area contributed by atoms with Gasteiger partial charge < -0.3 is 0 Å². The van der Waals surface area contributed by atoms with Gasteiger partial charge in [-0.1, -0.05) is 23.7 Å². The summed E-state index contributed by atoms with van der Waals surface area (Å²) in [5.41, 5.74) is 3.71. The molecule has 29 heavy (non-hydrogen) atoms. The van der Waals surface area contributed by atoms with E-state index in [1.807, 2.05) is 13.0 Å². The number of nitrogens with zero attached hydrogens (tertiary/aromatic N) is 4. The molecular formula is C22H18ClFN4O. The van der Waals surface area contributed by atoms with Gasteiger partial charge >= 0.3 is 0 Å². The molecule has 7 heteroatoms. The molecule has 0 N–H and O–H groups in total. The Hall–Kier alpha value is -3.12. The van der Waals surface area contributed by atoms with E-state index in [0.29, 0.717) is 39.9 Å². The summed E-state index contributed by atoms with van der Waals surface area (Å²) in [6.45, 7) is 5.91. The van der Waals surface area contributed by atoms with Gasteiger partial charge in [0.05, 0.1) is 0 Å². The average Bonchev–Trinajstić information content (AvgIpc) is 2.68. The summed E-state index contributed by atoms with van der Waals surface area (Å²) in [6, 6.07) is 10.2. The van der Waals surface area contributed by atoms with Crippen molar-refractivity contribution >= 4 is 22.6 Å². The van der Waals surface area contributed by atoms with E-state index in [4.69, 9.17) is 11.6 Å². The van der Waals surface area contributed by atoms with Crippen molar-refractivity contribution in [3.63, 3.8) is 0 Å². The fraction of sp³-hybridized carbons (Fsp3) is 0.182. The highest BCUT2D eigenvalue weighted by atomic mass is 35.5. The predicted molar refractivity (Wildman–Crippen MR) is 113 cm³/mol. The monoisotopic (exact) mass is 408 g/mol. The van der Waals surface area contributed by atoms with Crippen molar-refractivity contribution in [2.45, 2.75) is 27.3 Å². The molecule has 0 saturated carbocycles. The lowest BCUT2D eigenvalue weighted by molar-refractivity contribution is 0.580. The van der Waals surface area contributed by atoms with E-state index in [1.54, 1.807) is 48.9 Å². The van der Waals surface area contributed by atoms with Crippen LogP contribution in [0.3, 0.4) is 0 Å². The zero-order valence-corrected chi connectivity index (χ0v) is 17.0. The third-order valence-electron chi connectivity index (χ3n) is 4.89. The molecule has 3 aromatic heterocycles. The summed E-state index contributed by atoms with van der Waals surface area (Å²) in [4.78, 5) is 25.6. The summed E-state index contributed by atoms with van der Waals surface area (Å²) in [5, 5.41) is 1.20. The number of pyridine rings is 2. The Morgan fingerprint density at radius 1 is 1.03 bits per heavy atom. The van der Waals surface area contributed by atoms with Crippen LogP contribution in [0.1, 0.15) is 18.4 Å². The molecule has 0 aliphatic heterocycles. The van der Waals surface area contributed by atoms with Crippen LogP contribution in [0.15, 0.2) is 47.4 Å². The highest BCUT2D eigenvalue weighted by Crippen LogP contribution is 2.32. The van der Waals surface area contributed by atoms with Crippen molar-refractivity contribution in [1.82, 2.24) is 19.5 Å². The topological polar surface area (TPSA) is 60.7 Å². The first-order valence-corrected chi connectivity index (χ1v) is 9.57. The standard InChI is InChI=1S/C22H18ClFN4O/c1-4-28-21-15(11-25-13(3)27-21)9-18(22(28)29)17-6-5-14(10-19(17)23)16-7-8-20(24)26-12(16)2/h5-11H,4H2,1-3H3. The molecule has 0 aliphatic carbocycles. The molecular weight excluding hydrogens is 391 g/mol. The van der Waals surface area contributed by atoms with Crippen LogP contribution in [0.4, 0.5) is 4.39 Å². The minimum Gasteiger partial charge on any atom is -0.292 e. The zero-order chi connectivity index (χ0) is 20.7. The molecule has 0 saturated heterocycles. The molecule has 4 aromatic rings. The highest BCUT2D eigenvalue weighted by molar-refractivity contribution is 6.33. The van der Waals surface area contributed by atoms with E-state index in [9.17, 15) is 9.18 Å². The van der Waals surface area contributed by atoms with Crippen LogP contribution in [-0.2, 0) is 6.54 Å². The summed E-state index contributed by atoms with van der Waals surface area (Å²) in [5.74, 6) is 0.0835. The number of halogens is 2. The van der Waals surface area contributed by atoms with Gasteiger partial charge in [-0.25, -0.2) is 15.0 Å². The van der Waals surface area contributed by atoms with Crippen molar-refractivity contribution in [2.75, 3.05) is 0 Å². The highest BCUT2D eigenvalue weighted by Gasteiger charge is 2.15. The average molecular weight is 409 g/mol. The molecule has 0 spiro atoms. The van der Waals surface area contributed by atoms with Gasteiger partial charge in [-0.2, -0.15) is 4.39 Å². The number of aryl methyl sites for hydroxylation is 3. The molecule has 1 aromatic carbocycles. The van der Waals surface area contributed by atoms with Gasteiger partial charge in [0.2, 0.25) is 5.95 Å². The third-order valence-corrected chi connectivity index (χ3v) is 5.20. The molecule has 5 nitrogen and oxygen atoms in total. The fourth-order valence-electron chi connectivity index (χ4n) is 3.47. The Morgan fingerprint density at radius 2 is 1.79 bits per heavy atom. The van der Waals surface area contributed by atoms with E-state index in [-0.39, 0.29) is 5.56 Å². The number of hydrogen-bond donors (Lipinski definition) is 0. The lowest BCUT2D eigenvalue weighted by Crippen LogP contribution is -2.22. The molecule has 146 valence electrons. The van der Waals surface area contributed by atoms with Crippen molar-refractivity contribution in [1.29, 1.82) is 0 Å². The van der Waals surface area contributed by atoms with Crippen LogP contribution in [-0.4, -0.2) is 19.5 Å². The van der Waals surface area contributed by atoms with E-state index in [0.717, 1.165) is 16.5 Å². The van der Waals surface area contributed by atoms with Crippen LogP contribution in [0.2, 0.25) is 5.02 Å². The largest absolute Gasteiger partial charge is 0.292 e. The normalized spacial score (nSPS) is 11.2. The number of benzene rings is 1. The fourth-order valence-corrected chi connectivity index (χ4v) is 3.75. The summed E-state index contributed by atoms with van der Waals surface area (Å²) in [7, 11) is 0. The van der Waals surface area contributed by atoms with Gasteiger partial charge in [-0.3, -0.25) is 9.36 Å². The smallest absolute Gasteiger partial charge is 0.260 e. The number of fused-ring (bicyclic) bond motifs is 1. The first-order chi connectivity index (χ1) is 13.9. The second kappa shape index (κ2) is 7.37. The Kier molecular flexibility index (Phi) is 4.88. The van der Waals surface area contributed by atoms with E-state index in [1.165, 1.54) is 6.07 Å². The first kappa shape index (κ1) is 19.2. The maximum absolute atomic E-state index is 13.3. The van der Waals surface area contributed by atoms with E-state index >= 15 is 0 Å². The molecule has 4 rings (SSSR count). The summed E-state index contributed by atoms with van der Waals surface area (Å²) in [6.07, 6.45) is 1.71. The minimum atomic E-state index is -0.525. The SMILES string of the molecule is CCn1c(=O)c(-c2ccc(-c3ccc(F)nc3C)cc2Cl)cc2cnc(C)nc21. The van der Waals surface area contributed by atoms with Crippen LogP contribution < -0.4 is 5.56 Å². The molecule has 3 heterocycles. The molecule has 0 bridgehead atoms. The third kappa shape index (κ3) is 3.40. The van der Waals surface area contributed by atoms with Crippen molar-refractivity contribution in [3.05, 3.63) is 75.4 Å².